The molecule has 1 fully saturated rings. The van der Waals surface area contributed by atoms with Crippen LogP contribution in [0.15, 0.2) is 72.9 Å². The lowest BCUT2D eigenvalue weighted by molar-refractivity contribution is -0.140. The number of carbonyl (C=O) groups is 1. The molecule has 6 rings (SSSR count). The van der Waals surface area contributed by atoms with Gasteiger partial charge in [-0.1, -0.05) is 60.7 Å². The maximum absolute atomic E-state index is 16.0. The van der Waals surface area contributed by atoms with Gasteiger partial charge in [-0.25, -0.2) is 23.2 Å². The highest BCUT2D eigenvalue weighted by Crippen LogP contribution is 2.42. The number of rotatable bonds is 7. The second kappa shape index (κ2) is 13.6. The molecule has 2 aromatic heterocycles. The van der Waals surface area contributed by atoms with Crippen LogP contribution < -0.4 is 9.64 Å². The van der Waals surface area contributed by atoms with Gasteiger partial charge >= 0.3 is 12.3 Å². The molecule has 1 atom stereocenters. The van der Waals surface area contributed by atoms with Crippen LogP contribution in [0.5, 0.6) is 5.75 Å². The van der Waals surface area contributed by atoms with E-state index in [4.69, 9.17) is 14.5 Å². The smallest absolute Gasteiger partial charge is 0.419 e. The fraction of sp³-hybridized carbons (Fsp3) is 0.333. The third-order valence-electron chi connectivity index (χ3n) is 8.22. The summed E-state index contributed by atoms with van der Waals surface area (Å²) in [6, 6.07) is 18.1. The van der Waals surface area contributed by atoms with Gasteiger partial charge < -0.3 is 19.3 Å². The Morgan fingerprint density at radius 3 is 2.24 bits per heavy atom. The van der Waals surface area contributed by atoms with Crippen molar-refractivity contribution in [3.8, 4) is 17.0 Å². The number of ether oxygens (including phenoxy) is 2. The van der Waals surface area contributed by atoms with Crippen molar-refractivity contribution < 1.29 is 36.2 Å². The fourth-order valence-electron chi connectivity index (χ4n) is 5.88. The lowest BCUT2D eigenvalue weighted by atomic mass is 10.0. The first-order valence-electron chi connectivity index (χ1n) is 15.9. The molecular formula is C36H35F5N6O3. The van der Waals surface area contributed by atoms with Crippen molar-refractivity contribution >= 4 is 23.1 Å². The van der Waals surface area contributed by atoms with Crippen molar-refractivity contribution in [1.29, 1.82) is 0 Å². The summed E-state index contributed by atoms with van der Waals surface area (Å²) in [5, 5.41) is 4.47. The highest BCUT2D eigenvalue weighted by molar-refractivity contribution is 5.92. The normalized spacial score (nSPS) is 15.4. The molecule has 0 saturated carbocycles. The second-order valence-electron chi connectivity index (χ2n) is 13.0. The number of halogens is 5. The predicted molar refractivity (Wildman–Crippen MR) is 177 cm³/mol. The topological polar surface area (TPSA) is 85.6 Å². The van der Waals surface area contributed by atoms with Gasteiger partial charge in [0, 0.05) is 38.4 Å². The minimum atomic E-state index is -5.15. The third kappa shape index (κ3) is 7.33. The first-order valence-corrected chi connectivity index (χ1v) is 15.9. The van der Waals surface area contributed by atoms with Crippen LogP contribution >= 0.6 is 0 Å². The van der Waals surface area contributed by atoms with Crippen LogP contribution in [0.4, 0.5) is 32.7 Å². The van der Waals surface area contributed by atoms with Crippen LogP contribution in [-0.2, 0) is 31.0 Å². The summed E-state index contributed by atoms with van der Waals surface area (Å²) in [7, 11) is 1.52. The first kappa shape index (κ1) is 34.6. The monoisotopic (exact) mass is 694 g/mol. The molecule has 0 spiro atoms. The average Bonchev–Trinajstić information content (AvgIpc) is 3.39. The molecule has 14 heteroatoms. The van der Waals surface area contributed by atoms with Crippen molar-refractivity contribution in [3.05, 3.63) is 101 Å². The van der Waals surface area contributed by atoms with Gasteiger partial charge in [-0.15, -0.1) is 0 Å². The van der Waals surface area contributed by atoms with E-state index in [2.05, 4.69) is 10.1 Å². The van der Waals surface area contributed by atoms with Crippen molar-refractivity contribution in [2.75, 3.05) is 24.5 Å². The number of nitrogens with zero attached hydrogens (tertiary/aromatic N) is 6. The summed E-state index contributed by atoms with van der Waals surface area (Å²) in [5.74, 6) is -4.07. The molecule has 1 saturated heterocycles. The number of benzene rings is 3. The molecule has 0 bridgehead atoms. The number of piperazine rings is 1. The molecule has 5 aromatic rings. The van der Waals surface area contributed by atoms with E-state index in [1.54, 1.807) is 56.0 Å². The van der Waals surface area contributed by atoms with E-state index < -0.39 is 46.4 Å². The summed E-state index contributed by atoms with van der Waals surface area (Å²) in [4.78, 5) is 25.8. The number of hydrogen-bond acceptors (Lipinski definition) is 7. The highest BCUT2D eigenvalue weighted by atomic mass is 19.4. The van der Waals surface area contributed by atoms with Crippen molar-refractivity contribution in [1.82, 2.24) is 24.6 Å². The van der Waals surface area contributed by atoms with E-state index in [1.165, 1.54) is 17.9 Å². The number of anilines is 1. The standard InChI is InChI=1S/C36H35F5N6O3/c1-35(2,3)50-34(48)46-15-16-47(24(20-46)17-22-11-7-5-8-12-22)33-42-19-26-30(44-45(4)32(26)43-33)25-18-27(36(39,40)41)29(38)31(28(25)37)49-21-23-13-9-6-10-14-23/h5-14,18-19,24H,15-17,20-21H2,1-4H3/t24-/m1/s1. The molecular weight excluding hydrogens is 659 g/mol. The van der Waals surface area contributed by atoms with Crippen molar-refractivity contribution in [2.24, 2.45) is 7.05 Å². The van der Waals surface area contributed by atoms with Gasteiger partial charge in [0.2, 0.25) is 5.95 Å². The van der Waals surface area contributed by atoms with E-state index in [1.807, 2.05) is 35.2 Å². The summed E-state index contributed by atoms with van der Waals surface area (Å²) in [6.45, 7) is 6.03. The Bertz CT molecular complexity index is 2000. The zero-order valence-corrected chi connectivity index (χ0v) is 27.8. The second-order valence-corrected chi connectivity index (χ2v) is 13.0. The van der Waals surface area contributed by atoms with E-state index in [-0.39, 0.29) is 29.4 Å². The summed E-state index contributed by atoms with van der Waals surface area (Å²) < 4.78 is 85.5. The van der Waals surface area contributed by atoms with Crippen LogP contribution in [0.1, 0.15) is 37.5 Å². The van der Waals surface area contributed by atoms with Crippen LogP contribution in [0.25, 0.3) is 22.3 Å². The maximum atomic E-state index is 16.0. The molecule has 1 aliphatic heterocycles. The van der Waals surface area contributed by atoms with Crippen LogP contribution in [-0.4, -0.2) is 62.0 Å². The Morgan fingerprint density at radius 2 is 1.60 bits per heavy atom. The zero-order chi connectivity index (χ0) is 35.8. The SMILES string of the molecule is Cn1nc(-c2cc(C(F)(F)F)c(F)c(OCc3ccccc3)c2F)c2cnc(N3CCN(C(=O)OC(C)(C)C)C[C@H]3Cc3ccccc3)nc21. The van der Waals surface area contributed by atoms with Crippen LogP contribution in [0.3, 0.4) is 0 Å². The Hall–Kier alpha value is -5.27. The quantitative estimate of drug-likeness (QED) is 0.163. The van der Waals surface area contributed by atoms with Crippen LogP contribution in [0.2, 0.25) is 0 Å². The molecule has 1 aliphatic rings. The predicted octanol–water partition coefficient (Wildman–Crippen LogP) is 7.57. The Kier molecular flexibility index (Phi) is 9.38. The summed E-state index contributed by atoms with van der Waals surface area (Å²) >= 11 is 0. The minimum absolute atomic E-state index is 0.149. The molecule has 0 aliphatic carbocycles. The van der Waals surface area contributed by atoms with Crippen LogP contribution in [0, 0.1) is 11.6 Å². The largest absolute Gasteiger partial charge is 0.483 e. The lowest BCUT2D eigenvalue weighted by Crippen LogP contribution is -2.56. The number of amides is 1. The van der Waals surface area contributed by atoms with E-state index in [0.717, 1.165) is 5.56 Å². The number of aryl methyl sites for hydroxylation is 1. The van der Waals surface area contributed by atoms with Gasteiger partial charge in [-0.3, -0.25) is 0 Å². The molecule has 50 heavy (non-hydrogen) atoms. The molecule has 0 N–H and O–H groups in total. The Labute approximate surface area is 285 Å². The number of aromatic nitrogens is 4. The number of carbonyl (C=O) groups excluding carboxylic acids is 1. The van der Waals surface area contributed by atoms with Gasteiger partial charge in [0.05, 0.1) is 17.0 Å². The maximum Gasteiger partial charge on any atom is 0.419 e. The van der Waals surface area contributed by atoms with Gasteiger partial charge in [-0.2, -0.15) is 23.3 Å². The molecule has 262 valence electrons. The summed E-state index contributed by atoms with van der Waals surface area (Å²) in [5.41, 5.74) is -1.45. The van der Waals surface area contributed by atoms with E-state index >= 15 is 8.78 Å². The molecule has 0 radical (unpaired) electrons. The average molecular weight is 695 g/mol. The number of fused-ring (bicyclic) bond motifs is 1. The van der Waals surface area contributed by atoms with Gasteiger partial charge in [0.15, 0.2) is 23.0 Å². The molecule has 1 amide bonds. The van der Waals surface area contributed by atoms with E-state index in [0.29, 0.717) is 43.6 Å². The first-order chi connectivity index (χ1) is 23.7. The van der Waals surface area contributed by atoms with E-state index in [9.17, 15) is 18.0 Å². The van der Waals surface area contributed by atoms with Gasteiger partial charge in [-0.05, 0) is 44.4 Å². The van der Waals surface area contributed by atoms with Gasteiger partial charge in [0.1, 0.15) is 17.9 Å². The third-order valence-corrected chi connectivity index (χ3v) is 8.22. The number of hydrogen-bond donors (Lipinski definition) is 0. The molecule has 3 heterocycles. The van der Waals surface area contributed by atoms with Gasteiger partial charge in [0.25, 0.3) is 0 Å². The highest BCUT2D eigenvalue weighted by Gasteiger charge is 2.39. The minimum Gasteiger partial charge on any atom is -0.483 e. The fourth-order valence-corrected chi connectivity index (χ4v) is 5.88. The molecule has 9 nitrogen and oxygen atoms in total. The Morgan fingerprint density at radius 1 is 0.940 bits per heavy atom. The Balaban J connectivity index is 1.37. The molecule has 3 aromatic carbocycles. The van der Waals surface area contributed by atoms with Crippen molar-refractivity contribution in [2.45, 2.75) is 51.6 Å². The van der Waals surface area contributed by atoms with Crippen molar-refractivity contribution in [3.63, 3.8) is 0 Å². The number of alkyl halides is 3. The lowest BCUT2D eigenvalue weighted by Gasteiger charge is -2.41. The molecule has 0 unspecified atom stereocenters. The zero-order valence-electron chi connectivity index (χ0n) is 27.8. The summed E-state index contributed by atoms with van der Waals surface area (Å²) in [6.07, 6.45) is -3.68.